The number of hydrogen-bond acceptors (Lipinski definition) is 5. The molecule has 0 fully saturated rings. The molecule has 0 aliphatic rings. The van der Waals surface area contributed by atoms with Crippen molar-refractivity contribution in [2.24, 2.45) is 4.36 Å². The van der Waals surface area contributed by atoms with Crippen LogP contribution < -0.4 is 0 Å². The summed E-state index contributed by atoms with van der Waals surface area (Å²) in [6.45, 7) is 3.65. The molecule has 0 aliphatic carbocycles. The maximum Gasteiger partial charge on any atom is 0.471 e. The molecular weight excluding hydrogens is 379 g/mol. The number of alkyl halides is 3. The molecule has 0 N–H and O–H groups in total. The van der Waals surface area contributed by atoms with E-state index in [2.05, 4.69) is 19.0 Å². The zero-order chi connectivity index (χ0) is 19.7. The van der Waals surface area contributed by atoms with Crippen molar-refractivity contribution in [1.29, 1.82) is 0 Å². The van der Waals surface area contributed by atoms with Gasteiger partial charge in [-0.2, -0.15) is 22.5 Å². The molecule has 142 valence electrons. The van der Waals surface area contributed by atoms with Crippen LogP contribution >= 0.6 is 0 Å². The summed E-state index contributed by atoms with van der Waals surface area (Å²) in [7, 11) is -2.70. The third-order valence-electron chi connectivity index (χ3n) is 3.75. The Morgan fingerprint density at radius 2 is 1.67 bits per heavy atom. The standard InChI is InChI=1S/C18H16F3N3O2S/c1-12(2)27(25,15-6-4-3-5-7-15)24-14-10-8-13(9-11-14)16-22-17(26-23-16)18(19,20)21/h3-12H,1-2H3. The largest absolute Gasteiger partial charge is 0.471 e. The van der Waals surface area contributed by atoms with Gasteiger partial charge in [-0.15, -0.1) is 0 Å². The summed E-state index contributed by atoms with van der Waals surface area (Å²) in [5.41, 5.74) is 0.782. The molecule has 0 spiro atoms. The molecule has 3 rings (SSSR count). The quantitative estimate of drug-likeness (QED) is 0.599. The molecule has 0 radical (unpaired) electrons. The Hall–Kier alpha value is -2.68. The van der Waals surface area contributed by atoms with Gasteiger partial charge in [0.1, 0.15) is 0 Å². The Morgan fingerprint density at radius 1 is 1.04 bits per heavy atom. The lowest BCUT2D eigenvalue weighted by molar-refractivity contribution is -0.159. The molecule has 1 heterocycles. The summed E-state index contributed by atoms with van der Waals surface area (Å²) < 4.78 is 59.7. The Morgan fingerprint density at radius 3 is 2.19 bits per heavy atom. The molecule has 0 aliphatic heterocycles. The van der Waals surface area contributed by atoms with Crippen LogP contribution in [0.4, 0.5) is 18.9 Å². The van der Waals surface area contributed by atoms with E-state index in [1.807, 2.05) is 19.9 Å². The van der Waals surface area contributed by atoms with Gasteiger partial charge in [-0.05, 0) is 50.2 Å². The van der Waals surface area contributed by atoms with Crippen LogP contribution in [0.25, 0.3) is 11.4 Å². The fraction of sp³-hybridized carbons (Fsp3) is 0.222. The molecule has 1 atom stereocenters. The summed E-state index contributed by atoms with van der Waals surface area (Å²) in [5.74, 6) is -1.58. The summed E-state index contributed by atoms with van der Waals surface area (Å²) in [4.78, 5) is 3.96. The highest BCUT2D eigenvalue weighted by molar-refractivity contribution is 7.94. The maximum atomic E-state index is 13.4. The first-order valence-electron chi connectivity index (χ1n) is 8.02. The maximum absolute atomic E-state index is 13.4. The van der Waals surface area contributed by atoms with Gasteiger partial charge >= 0.3 is 12.1 Å². The highest BCUT2D eigenvalue weighted by Gasteiger charge is 2.38. The van der Waals surface area contributed by atoms with Gasteiger partial charge in [-0.25, -0.2) is 4.21 Å². The topological polar surface area (TPSA) is 68.3 Å². The van der Waals surface area contributed by atoms with Crippen molar-refractivity contribution < 1.29 is 21.9 Å². The van der Waals surface area contributed by atoms with Crippen LogP contribution in [-0.4, -0.2) is 19.6 Å². The molecule has 1 aromatic heterocycles. The van der Waals surface area contributed by atoms with E-state index in [4.69, 9.17) is 0 Å². The molecule has 0 amide bonds. The zero-order valence-electron chi connectivity index (χ0n) is 14.5. The minimum Gasteiger partial charge on any atom is -0.329 e. The van der Waals surface area contributed by atoms with E-state index < -0.39 is 21.8 Å². The van der Waals surface area contributed by atoms with Crippen molar-refractivity contribution in [2.75, 3.05) is 0 Å². The first kappa shape index (κ1) is 19.1. The Bertz CT molecular complexity index is 1040. The fourth-order valence-electron chi connectivity index (χ4n) is 2.33. The number of halogens is 3. The lowest BCUT2D eigenvalue weighted by Crippen LogP contribution is -2.13. The first-order valence-corrected chi connectivity index (χ1v) is 9.60. The average Bonchev–Trinajstić information content (AvgIpc) is 3.13. The van der Waals surface area contributed by atoms with Gasteiger partial charge in [-0.1, -0.05) is 23.4 Å². The van der Waals surface area contributed by atoms with E-state index >= 15 is 0 Å². The second-order valence-electron chi connectivity index (χ2n) is 5.99. The van der Waals surface area contributed by atoms with Crippen LogP contribution in [-0.2, 0) is 15.9 Å². The molecule has 9 heteroatoms. The number of nitrogens with zero attached hydrogens (tertiary/aromatic N) is 3. The second-order valence-corrected chi connectivity index (χ2v) is 8.72. The van der Waals surface area contributed by atoms with Crippen LogP contribution in [0.1, 0.15) is 19.7 Å². The van der Waals surface area contributed by atoms with Crippen LogP contribution in [0.15, 0.2) is 68.4 Å². The molecule has 27 heavy (non-hydrogen) atoms. The lowest BCUT2D eigenvalue weighted by Gasteiger charge is -2.14. The van der Waals surface area contributed by atoms with Crippen LogP contribution in [0.2, 0.25) is 0 Å². The molecule has 2 aromatic carbocycles. The SMILES string of the molecule is CC(C)S(=O)(=Nc1ccc(-c2noc(C(F)(F)F)n2)cc1)c1ccccc1. The Labute approximate surface area is 154 Å². The molecule has 5 nitrogen and oxygen atoms in total. The van der Waals surface area contributed by atoms with E-state index in [-0.39, 0.29) is 11.1 Å². The lowest BCUT2D eigenvalue weighted by atomic mass is 10.2. The van der Waals surface area contributed by atoms with E-state index in [1.54, 1.807) is 36.4 Å². The molecular formula is C18H16F3N3O2S. The average molecular weight is 395 g/mol. The first-order chi connectivity index (χ1) is 12.7. The fourth-order valence-corrected chi connectivity index (χ4v) is 4.17. The highest BCUT2D eigenvalue weighted by Crippen LogP contribution is 2.30. The third-order valence-corrected chi connectivity index (χ3v) is 6.46. The molecule has 0 saturated carbocycles. The number of benzene rings is 2. The van der Waals surface area contributed by atoms with E-state index in [0.717, 1.165) is 0 Å². The van der Waals surface area contributed by atoms with E-state index in [0.29, 0.717) is 16.1 Å². The van der Waals surface area contributed by atoms with Gasteiger partial charge in [0.2, 0.25) is 5.82 Å². The van der Waals surface area contributed by atoms with Crippen LogP contribution in [0.3, 0.4) is 0 Å². The Balaban J connectivity index is 1.96. The van der Waals surface area contributed by atoms with Crippen molar-refractivity contribution >= 4 is 15.4 Å². The van der Waals surface area contributed by atoms with Gasteiger partial charge in [-0.3, -0.25) is 0 Å². The van der Waals surface area contributed by atoms with Crippen molar-refractivity contribution in [1.82, 2.24) is 10.1 Å². The summed E-state index contributed by atoms with van der Waals surface area (Å²) in [5, 5.41) is 3.11. The predicted molar refractivity (Wildman–Crippen MR) is 94.8 cm³/mol. The van der Waals surface area contributed by atoms with Crippen LogP contribution in [0.5, 0.6) is 0 Å². The van der Waals surface area contributed by atoms with E-state index in [9.17, 15) is 17.4 Å². The van der Waals surface area contributed by atoms with Crippen molar-refractivity contribution in [2.45, 2.75) is 30.2 Å². The molecule has 1 unspecified atom stereocenters. The smallest absolute Gasteiger partial charge is 0.329 e. The summed E-state index contributed by atoms with van der Waals surface area (Å²) in [6, 6.07) is 15.1. The van der Waals surface area contributed by atoms with Gasteiger partial charge in [0.05, 0.1) is 15.4 Å². The monoisotopic (exact) mass is 395 g/mol. The molecule has 0 saturated heterocycles. The molecule has 3 aromatic rings. The second kappa shape index (κ2) is 7.15. The van der Waals surface area contributed by atoms with Crippen molar-refractivity contribution in [3.63, 3.8) is 0 Å². The zero-order valence-corrected chi connectivity index (χ0v) is 15.3. The highest BCUT2D eigenvalue weighted by atomic mass is 32.2. The number of rotatable bonds is 4. The minimum absolute atomic E-state index is 0.179. The minimum atomic E-state index is -4.70. The van der Waals surface area contributed by atoms with Gasteiger partial charge in [0, 0.05) is 15.7 Å². The van der Waals surface area contributed by atoms with E-state index in [1.165, 1.54) is 12.1 Å². The number of hydrogen-bond donors (Lipinski definition) is 0. The van der Waals surface area contributed by atoms with Gasteiger partial charge < -0.3 is 4.52 Å². The predicted octanol–water partition coefficient (Wildman–Crippen LogP) is 5.32. The van der Waals surface area contributed by atoms with Gasteiger partial charge in [0.15, 0.2) is 0 Å². The van der Waals surface area contributed by atoms with Gasteiger partial charge in [0.25, 0.3) is 0 Å². The number of aromatic nitrogens is 2. The normalized spacial score (nSPS) is 14.1. The van der Waals surface area contributed by atoms with Crippen molar-refractivity contribution in [3.8, 4) is 11.4 Å². The summed E-state index contributed by atoms with van der Waals surface area (Å²) >= 11 is 0. The third kappa shape index (κ3) is 4.02. The Kier molecular flexibility index (Phi) is 5.05. The van der Waals surface area contributed by atoms with Crippen molar-refractivity contribution in [3.05, 3.63) is 60.5 Å². The molecule has 0 bridgehead atoms. The summed E-state index contributed by atoms with van der Waals surface area (Å²) in [6.07, 6.45) is -4.70. The van der Waals surface area contributed by atoms with Crippen LogP contribution in [0, 0.1) is 0 Å².